The summed E-state index contributed by atoms with van der Waals surface area (Å²) in [5.41, 5.74) is -1.47. The quantitative estimate of drug-likeness (QED) is 0.764. The van der Waals surface area contributed by atoms with Crippen molar-refractivity contribution in [3.8, 4) is 0 Å². The summed E-state index contributed by atoms with van der Waals surface area (Å²) < 4.78 is 13.3. The highest BCUT2D eigenvalue weighted by molar-refractivity contribution is 5.92. The van der Waals surface area contributed by atoms with Crippen LogP contribution in [-0.2, 0) is 4.79 Å². The van der Waals surface area contributed by atoms with Crippen molar-refractivity contribution in [3.05, 3.63) is 30.1 Å². The first-order chi connectivity index (χ1) is 8.63. The second-order valence-electron chi connectivity index (χ2n) is 5.57. The smallest absolute Gasteiger partial charge is 0.238 e. The molecular formula is C14H21FN2O2. The van der Waals surface area contributed by atoms with Crippen LogP contribution in [0.1, 0.15) is 27.7 Å². The van der Waals surface area contributed by atoms with Crippen LogP contribution in [0.5, 0.6) is 0 Å². The lowest BCUT2D eigenvalue weighted by atomic mass is 9.86. The molecule has 0 saturated carbocycles. The molecule has 0 spiro atoms. The van der Waals surface area contributed by atoms with Gasteiger partial charge in [-0.2, -0.15) is 0 Å². The molecule has 0 aliphatic carbocycles. The average Bonchev–Trinajstić information content (AvgIpc) is 2.28. The largest absolute Gasteiger partial charge is 0.389 e. The normalized spacial score (nSPS) is 12.3. The molecule has 1 rings (SSSR count). The summed E-state index contributed by atoms with van der Waals surface area (Å²) in [6.07, 6.45) is 0. The molecule has 0 heterocycles. The summed E-state index contributed by atoms with van der Waals surface area (Å²) >= 11 is 0. The van der Waals surface area contributed by atoms with E-state index in [0.717, 1.165) is 0 Å². The van der Waals surface area contributed by atoms with Gasteiger partial charge in [0.15, 0.2) is 0 Å². The fourth-order valence-electron chi connectivity index (χ4n) is 1.27. The molecule has 0 bridgehead atoms. The van der Waals surface area contributed by atoms with E-state index in [4.69, 9.17) is 0 Å². The number of hydrogen-bond donors (Lipinski definition) is 3. The number of carbonyl (C=O) groups is 1. The Bertz CT molecular complexity index is 453. The molecular weight excluding hydrogens is 247 g/mol. The molecule has 0 radical (unpaired) electrons. The van der Waals surface area contributed by atoms with Gasteiger partial charge in [-0.1, -0.05) is 12.1 Å². The minimum atomic E-state index is -0.981. The van der Waals surface area contributed by atoms with Gasteiger partial charge < -0.3 is 15.7 Å². The van der Waals surface area contributed by atoms with Crippen LogP contribution in [0.2, 0.25) is 0 Å². The van der Waals surface area contributed by atoms with E-state index in [0.29, 0.717) is 0 Å². The van der Waals surface area contributed by atoms with E-state index in [1.165, 1.54) is 12.1 Å². The number of aliphatic hydroxyl groups is 1. The van der Waals surface area contributed by atoms with Crippen molar-refractivity contribution >= 4 is 11.6 Å². The summed E-state index contributed by atoms with van der Waals surface area (Å²) in [5, 5.41) is 15.4. The molecule has 1 aromatic rings. The monoisotopic (exact) mass is 268 g/mol. The number of carbonyl (C=O) groups excluding carboxylic acids is 1. The fourth-order valence-corrected chi connectivity index (χ4v) is 1.27. The van der Waals surface area contributed by atoms with Gasteiger partial charge in [0.25, 0.3) is 0 Å². The van der Waals surface area contributed by atoms with E-state index >= 15 is 0 Å². The topological polar surface area (TPSA) is 61.4 Å². The van der Waals surface area contributed by atoms with Gasteiger partial charge in [0, 0.05) is 5.54 Å². The first kappa shape index (κ1) is 15.6. The molecule has 0 aromatic heterocycles. The number of nitrogens with one attached hydrogen (secondary N) is 2. The standard InChI is InChI=1S/C14H21FN2O2/c1-13(2,14(3,4)19)16-9-12(18)17-11-8-6-5-7-10(11)15/h5-8,16,19H,9H2,1-4H3,(H,17,18). The van der Waals surface area contributed by atoms with Crippen LogP contribution in [0.15, 0.2) is 24.3 Å². The zero-order valence-corrected chi connectivity index (χ0v) is 11.7. The number of hydrogen-bond acceptors (Lipinski definition) is 3. The fraction of sp³-hybridized carbons (Fsp3) is 0.500. The Morgan fingerprint density at radius 2 is 1.84 bits per heavy atom. The van der Waals surface area contributed by atoms with Crippen molar-refractivity contribution in [1.29, 1.82) is 0 Å². The SMILES string of the molecule is CC(C)(O)C(C)(C)NCC(=O)Nc1ccccc1F. The minimum Gasteiger partial charge on any atom is -0.389 e. The van der Waals surface area contributed by atoms with Gasteiger partial charge in [-0.3, -0.25) is 4.79 Å². The van der Waals surface area contributed by atoms with E-state index in [9.17, 15) is 14.3 Å². The Balaban J connectivity index is 2.56. The zero-order chi connectivity index (χ0) is 14.7. The average molecular weight is 268 g/mol. The highest BCUT2D eigenvalue weighted by Crippen LogP contribution is 2.20. The van der Waals surface area contributed by atoms with Gasteiger partial charge in [-0.25, -0.2) is 4.39 Å². The molecule has 0 unspecified atom stereocenters. The predicted molar refractivity (Wildman–Crippen MR) is 73.4 cm³/mol. The second kappa shape index (κ2) is 5.67. The summed E-state index contributed by atoms with van der Waals surface area (Å²) in [6, 6.07) is 5.98. The third-order valence-corrected chi connectivity index (χ3v) is 3.37. The van der Waals surface area contributed by atoms with E-state index in [1.807, 2.05) is 0 Å². The molecule has 0 aliphatic rings. The zero-order valence-electron chi connectivity index (χ0n) is 11.7. The molecule has 0 saturated heterocycles. The van der Waals surface area contributed by atoms with Crippen molar-refractivity contribution in [2.75, 3.05) is 11.9 Å². The Labute approximate surface area is 113 Å². The van der Waals surface area contributed by atoms with E-state index in [1.54, 1.807) is 39.8 Å². The first-order valence-corrected chi connectivity index (χ1v) is 6.15. The maximum atomic E-state index is 13.3. The van der Waals surface area contributed by atoms with Gasteiger partial charge in [-0.15, -0.1) is 0 Å². The van der Waals surface area contributed by atoms with Crippen LogP contribution in [0.3, 0.4) is 0 Å². The molecule has 4 nitrogen and oxygen atoms in total. The van der Waals surface area contributed by atoms with Crippen LogP contribution < -0.4 is 10.6 Å². The molecule has 106 valence electrons. The van der Waals surface area contributed by atoms with Crippen LogP contribution in [-0.4, -0.2) is 28.7 Å². The van der Waals surface area contributed by atoms with Crippen molar-refractivity contribution in [2.24, 2.45) is 0 Å². The molecule has 0 aliphatic heterocycles. The van der Waals surface area contributed by atoms with Gasteiger partial charge in [0.2, 0.25) is 5.91 Å². The van der Waals surface area contributed by atoms with Gasteiger partial charge >= 0.3 is 0 Å². The summed E-state index contributed by atoms with van der Waals surface area (Å²) in [5.74, 6) is -0.833. The van der Waals surface area contributed by atoms with Crippen molar-refractivity contribution < 1.29 is 14.3 Å². The van der Waals surface area contributed by atoms with Crippen LogP contribution >= 0.6 is 0 Å². The lowest BCUT2D eigenvalue weighted by molar-refractivity contribution is -0.116. The van der Waals surface area contributed by atoms with Crippen molar-refractivity contribution in [2.45, 2.75) is 38.8 Å². The van der Waals surface area contributed by atoms with Gasteiger partial charge in [0.1, 0.15) is 5.82 Å². The van der Waals surface area contributed by atoms with Crippen LogP contribution in [0.25, 0.3) is 0 Å². The molecule has 3 N–H and O–H groups in total. The number of halogens is 1. The van der Waals surface area contributed by atoms with E-state index in [-0.39, 0.29) is 18.1 Å². The maximum Gasteiger partial charge on any atom is 0.238 e. The second-order valence-corrected chi connectivity index (χ2v) is 5.57. The summed E-state index contributed by atoms with van der Waals surface area (Å²) in [6.45, 7) is 6.90. The lowest BCUT2D eigenvalue weighted by Gasteiger charge is -2.38. The number of para-hydroxylation sites is 1. The van der Waals surface area contributed by atoms with Crippen LogP contribution in [0.4, 0.5) is 10.1 Å². The van der Waals surface area contributed by atoms with Gasteiger partial charge in [-0.05, 0) is 39.8 Å². The molecule has 0 atom stereocenters. The molecule has 1 amide bonds. The first-order valence-electron chi connectivity index (χ1n) is 6.15. The number of benzene rings is 1. The Hall–Kier alpha value is -1.46. The highest BCUT2D eigenvalue weighted by Gasteiger charge is 2.34. The molecule has 0 fully saturated rings. The number of rotatable bonds is 5. The maximum absolute atomic E-state index is 13.3. The minimum absolute atomic E-state index is 0.00861. The summed E-state index contributed by atoms with van der Waals surface area (Å²) in [4.78, 5) is 11.7. The third-order valence-electron chi connectivity index (χ3n) is 3.37. The Kier molecular flexibility index (Phi) is 4.66. The van der Waals surface area contributed by atoms with E-state index < -0.39 is 17.0 Å². The molecule has 5 heteroatoms. The van der Waals surface area contributed by atoms with Crippen LogP contribution in [0, 0.1) is 5.82 Å². The molecule has 19 heavy (non-hydrogen) atoms. The Morgan fingerprint density at radius 3 is 2.37 bits per heavy atom. The Morgan fingerprint density at radius 1 is 1.26 bits per heavy atom. The van der Waals surface area contributed by atoms with Crippen molar-refractivity contribution in [1.82, 2.24) is 5.32 Å². The van der Waals surface area contributed by atoms with E-state index in [2.05, 4.69) is 10.6 Å². The molecule has 1 aromatic carbocycles. The lowest BCUT2D eigenvalue weighted by Crippen LogP contribution is -2.57. The number of anilines is 1. The predicted octanol–water partition coefficient (Wildman–Crippen LogP) is 1.90. The van der Waals surface area contributed by atoms with Crippen molar-refractivity contribution in [3.63, 3.8) is 0 Å². The number of amides is 1. The van der Waals surface area contributed by atoms with Gasteiger partial charge in [0.05, 0.1) is 17.8 Å². The summed E-state index contributed by atoms with van der Waals surface area (Å²) in [7, 11) is 0. The third kappa shape index (κ3) is 4.29. The highest BCUT2D eigenvalue weighted by atomic mass is 19.1.